The van der Waals surface area contributed by atoms with E-state index < -0.39 is 24.2 Å². The Morgan fingerprint density at radius 1 is 0.453 bits per heavy atom. The van der Waals surface area contributed by atoms with Gasteiger partial charge in [-0.3, -0.25) is 4.79 Å². The second-order valence-corrected chi connectivity index (χ2v) is 16.0. The zero-order chi connectivity index (χ0) is 38.7. The number of allylic oxidation sites excluding steroid dienone is 5. The second-order valence-electron chi connectivity index (χ2n) is 16.0. The molecule has 0 saturated heterocycles. The maximum atomic E-state index is 12.5. The van der Waals surface area contributed by atoms with Crippen LogP contribution in [-0.2, 0) is 4.79 Å². The van der Waals surface area contributed by atoms with Gasteiger partial charge in [0.25, 0.3) is 0 Å². The van der Waals surface area contributed by atoms with E-state index in [-0.39, 0.29) is 6.61 Å². The van der Waals surface area contributed by atoms with Crippen molar-refractivity contribution in [3.63, 3.8) is 0 Å². The first-order valence-corrected chi connectivity index (χ1v) is 23.3. The van der Waals surface area contributed by atoms with E-state index >= 15 is 0 Å². The first kappa shape index (κ1) is 51.6. The van der Waals surface area contributed by atoms with Crippen LogP contribution in [0.2, 0.25) is 0 Å². The van der Waals surface area contributed by atoms with Crippen LogP contribution in [0.1, 0.15) is 239 Å². The Balaban J connectivity index is 3.59. The average Bonchev–Trinajstić information content (AvgIpc) is 3.16. The number of unbranched alkanes of at least 4 members (excludes halogenated alkanes) is 30. The lowest BCUT2D eigenvalue weighted by Gasteiger charge is -2.21. The lowest BCUT2D eigenvalue weighted by molar-refractivity contribution is -0.131. The molecule has 0 aliphatic carbocycles. The highest BCUT2D eigenvalue weighted by molar-refractivity contribution is 5.80. The SMILES string of the molecule is CCCCCCCC/C=C/CC/C=C/C(O)C(CO)NC(=O)C(O)CCCCCCCCCCCCC/C=C\CCCCCCCCCCCCCC. The fourth-order valence-corrected chi connectivity index (χ4v) is 7.02. The zero-order valence-corrected chi connectivity index (χ0v) is 35.4. The van der Waals surface area contributed by atoms with Gasteiger partial charge in [0.15, 0.2) is 0 Å². The molecule has 5 nitrogen and oxygen atoms in total. The summed E-state index contributed by atoms with van der Waals surface area (Å²) in [5.74, 6) is -0.514. The molecule has 0 bridgehead atoms. The molecule has 0 heterocycles. The van der Waals surface area contributed by atoms with Crippen LogP contribution < -0.4 is 5.32 Å². The van der Waals surface area contributed by atoms with Crippen molar-refractivity contribution in [3.05, 3.63) is 36.5 Å². The van der Waals surface area contributed by atoms with Gasteiger partial charge in [-0.25, -0.2) is 0 Å². The van der Waals surface area contributed by atoms with Gasteiger partial charge >= 0.3 is 0 Å². The average molecular weight is 746 g/mol. The topological polar surface area (TPSA) is 89.8 Å². The second kappa shape index (κ2) is 43.3. The highest BCUT2D eigenvalue weighted by Crippen LogP contribution is 2.15. The van der Waals surface area contributed by atoms with E-state index in [9.17, 15) is 20.1 Å². The largest absolute Gasteiger partial charge is 0.394 e. The normalized spacial score (nSPS) is 13.8. The summed E-state index contributed by atoms with van der Waals surface area (Å²) < 4.78 is 0. The summed E-state index contributed by atoms with van der Waals surface area (Å²) in [5.41, 5.74) is 0. The van der Waals surface area contributed by atoms with Crippen LogP contribution in [-0.4, -0.2) is 46.1 Å². The minimum atomic E-state index is -1.10. The molecule has 0 saturated carbocycles. The van der Waals surface area contributed by atoms with Crippen LogP contribution in [0.5, 0.6) is 0 Å². The molecule has 0 aromatic heterocycles. The number of hydrogen-bond donors (Lipinski definition) is 4. The van der Waals surface area contributed by atoms with E-state index in [1.54, 1.807) is 6.08 Å². The van der Waals surface area contributed by atoms with Crippen LogP contribution in [0.4, 0.5) is 0 Å². The Morgan fingerprint density at radius 3 is 1.15 bits per heavy atom. The maximum Gasteiger partial charge on any atom is 0.249 e. The van der Waals surface area contributed by atoms with Crippen molar-refractivity contribution in [1.29, 1.82) is 0 Å². The van der Waals surface area contributed by atoms with Crippen molar-refractivity contribution in [1.82, 2.24) is 5.32 Å². The zero-order valence-electron chi connectivity index (χ0n) is 35.4. The third-order valence-electron chi connectivity index (χ3n) is 10.7. The highest BCUT2D eigenvalue weighted by atomic mass is 16.3. The van der Waals surface area contributed by atoms with Gasteiger partial charge in [-0.15, -0.1) is 0 Å². The van der Waals surface area contributed by atoms with Crippen molar-refractivity contribution in [2.75, 3.05) is 6.61 Å². The summed E-state index contributed by atoms with van der Waals surface area (Å²) in [6.07, 6.45) is 54.8. The van der Waals surface area contributed by atoms with Crippen LogP contribution in [0.15, 0.2) is 36.5 Å². The molecule has 0 fully saturated rings. The molecule has 0 aromatic carbocycles. The summed E-state index contributed by atoms with van der Waals surface area (Å²) in [7, 11) is 0. The van der Waals surface area contributed by atoms with E-state index in [2.05, 4.69) is 43.5 Å². The molecule has 0 aliphatic heterocycles. The number of aliphatic hydroxyl groups excluding tert-OH is 3. The van der Waals surface area contributed by atoms with Crippen molar-refractivity contribution < 1.29 is 20.1 Å². The summed E-state index contributed by atoms with van der Waals surface area (Å²) in [6.45, 7) is 4.16. The fraction of sp³-hybridized carbons (Fsp3) is 0.854. The highest BCUT2D eigenvalue weighted by Gasteiger charge is 2.22. The van der Waals surface area contributed by atoms with Gasteiger partial charge in [0.2, 0.25) is 5.91 Å². The van der Waals surface area contributed by atoms with Gasteiger partial charge in [0.1, 0.15) is 6.10 Å². The minimum Gasteiger partial charge on any atom is -0.394 e. The number of hydrogen-bond acceptors (Lipinski definition) is 4. The Morgan fingerprint density at radius 2 is 0.774 bits per heavy atom. The number of aliphatic hydroxyl groups is 3. The van der Waals surface area contributed by atoms with Crippen LogP contribution in [0.25, 0.3) is 0 Å². The van der Waals surface area contributed by atoms with E-state index in [4.69, 9.17) is 0 Å². The molecular weight excluding hydrogens is 655 g/mol. The molecule has 0 rings (SSSR count). The molecule has 0 aliphatic rings. The predicted octanol–water partition coefficient (Wildman–Crippen LogP) is 13.5. The van der Waals surface area contributed by atoms with E-state index in [0.717, 1.165) is 38.5 Å². The molecule has 1 amide bonds. The molecule has 4 N–H and O–H groups in total. The van der Waals surface area contributed by atoms with Gasteiger partial charge in [-0.05, 0) is 57.8 Å². The van der Waals surface area contributed by atoms with E-state index in [0.29, 0.717) is 6.42 Å². The first-order chi connectivity index (χ1) is 26.1. The number of rotatable bonds is 42. The first-order valence-electron chi connectivity index (χ1n) is 23.3. The van der Waals surface area contributed by atoms with Crippen LogP contribution in [0.3, 0.4) is 0 Å². The molecule has 3 atom stereocenters. The van der Waals surface area contributed by atoms with Crippen molar-refractivity contribution >= 4 is 5.91 Å². The van der Waals surface area contributed by atoms with Gasteiger partial charge in [0.05, 0.1) is 18.8 Å². The summed E-state index contributed by atoms with van der Waals surface area (Å²) in [4.78, 5) is 12.5. The summed E-state index contributed by atoms with van der Waals surface area (Å²) in [6, 6.07) is -0.813. The molecule has 0 aromatic rings. The lowest BCUT2D eigenvalue weighted by Crippen LogP contribution is -2.48. The Hall–Kier alpha value is -1.43. The Bertz CT molecular complexity index is 824. The maximum absolute atomic E-state index is 12.5. The number of carbonyl (C=O) groups is 1. The van der Waals surface area contributed by atoms with Crippen LogP contribution in [0, 0.1) is 0 Å². The number of carbonyl (C=O) groups excluding carboxylic acids is 1. The Labute approximate surface area is 330 Å². The van der Waals surface area contributed by atoms with E-state index in [1.807, 2.05) is 6.08 Å². The smallest absolute Gasteiger partial charge is 0.249 e. The third-order valence-corrected chi connectivity index (χ3v) is 10.7. The molecule has 3 unspecified atom stereocenters. The third kappa shape index (κ3) is 38.6. The van der Waals surface area contributed by atoms with Crippen molar-refractivity contribution in [2.45, 2.75) is 257 Å². The van der Waals surface area contributed by atoms with E-state index in [1.165, 1.54) is 180 Å². The standard InChI is InChI=1S/C48H91NO4/c1-3-5-7-9-11-13-15-17-18-19-20-21-22-23-24-25-26-27-28-29-30-31-33-35-37-39-41-43-47(52)48(53)49-45(44-50)46(51)42-40-38-36-34-32-16-14-12-10-8-6-4-2/h23-24,32,34,40,42,45-47,50-52H,3-22,25-31,33,35-39,41,43-44H2,1-2H3,(H,49,53)/b24-23-,34-32+,42-40+. The Kier molecular flexibility index (Phi) is 42.1. The summed E-state index contributed by atoms with van der Waals surface area (Å²) >= 11 is 0. The fourth-order valence-electron chi connectivity index (χ4n) is 7.02. The van der Waals surface area contributed by atoms with Gasteiger partial charge < -0.3 is 20.6 Å². The molecule has 5 heteroatoms. The monoisotopic (exact) mass is 746 g/mol. The number of nitrogens with one attached hydrogen (secondary N) is 1. The number of amides is 1. The predicted molar refractivity (Wildman–Crippen MR) is 231 cm³/mol. The van der Waals surface area contributed by atoms with Crippen molar-refractivity contribution in [2.24, 2.45) is 0 Å². The molecule has 0 radical (unpaired) electrons. The van der Waals surface area contributed by atoms with Gasteiger partial charge in [-0.2, -0.15) is 0 Å². The lowest BCUT2D eigenvalue weighted by atomic mass is 10.0. The molecular formula is C48H91NO4. The molecule has 53 heavy (non-hydrogen) atoms. The van der Waals surface area contributed by atoms with Crippen LogP contribution >= 0.6 is 0 Å². The van der Waals surface area contributed by atoms with Crippen molar-refractivity contribution in [3.8, 4) is 0 Å². The summed E-state index contributed by atoms with van der Waals surface area (Å²) in [5, 5.41) is 33.1. The molecule has 0 spiro atoms. The molecule has 312 valence electrons. The minimum absolute atomic E-state index is 0.376. The van der Waals surface area contributed by atoms with Gasteiger partial charge in [0, 0.05) is 0 Å². The van der Waals surface area contributed by atoms with Gasteiger partial charge in [-0.1, -0.05) is 217 Å². The quantitative estimate of drug-likeness (QED) is 0.0370.